The molecule has 1 saturated heterocycles. The molecule has 128 valence electrons. The van der Waals surface area contributed by atoms with E-state index >= 15 is 0 Å². The summed E-state index contributed by atoms with van der Waals surface area (Å²) in [5.74, 6) is 0.745. The van der Waals surface area contributed by atoms with Gasteiger partial charge in [0.15, 0.2) is 0 Å². The molecule has 1 fully saturated rings. The summed E-state index contributed by atoms with van der Waals surface area (Å²) >= 11 is 0. The van der Waals surface area contributed by atoms with Crippen molar-refractivity contribution in [3.05, 3.63) is 54.1 Å². The normalized spacial score (nSPS) is 18.4. The smallest absolute Gasteiger partial charge is 0.244 e. The number of piperidine rings is 1. The molecule has 1 amide bonds. The molecule has 0 spiro atoms. The maximum Gasteiger partial charge on any atom is 0.244 e. The Bertz CT molecular complexity index is 677. The number of benzene rings is 1. The van der Waals surface area contributed by atoms with Gasteiger partial charge in [0.05, 0.1) is 0 Å². The van der Waals surface area contributed by atoms with E-state index in [1.807, 2.05) is 48.1 Å². The lowest BCUT2D eigenvalue weighted by Gasteiger charge is -2.35. The Labute approximate surface area is 141 Å². The SMILES string of the molecule is Cn1ccnc1C(O)C1CCN(C(=O)C(N)c2ccccc2)CC1. The van der Waals surface area contributed by atoms with E-state index in [0.29, 0.717) is 18.9 Å². The first kappa shape index (κ1) is 16.7. The molecule has 1 aromatic carbocycles. The van der Waals surface area contributed by atoms with Crippen LogP contribution in [0.2, 0.25) is 0 Å². The molecule has 6 nitrogen and oxygen atoms in total. The molecule has 1 aliphatic heterocycles. The van der Waals surface area contributed by atoms with Crippen molar-refractivity contribution in [1.82, 2.24) is 14.5 Å². The highest BCUT2D eigenvalue weighted by atomic mass is 16.3. The molecule has 3 N–H and O–H groups in total. The fourth-order valence-electron chi connectivity index (χ4n) is 3.31. The first-order valence-electron chi connectivity index (χ1n) is 8.32. The molecule has 2 aromatic rings. The average Bonchev–Trinajstić information content (AvgIpc) is 3.06. The molecule has 0 bridgehead atoms. The summed E-state index contributed by atoms with van der Waals surface area (Å²) in [6, 6.07) is 8.81. The molecule has 1 aromatic heterocycles. The van der Waals surface area contributed by atoms with Gasteiger partial charge in [-0.05, 0) is 24.3 Å². The number of nitrogens with two attached hydrogens (primary N) is 1. The molecule has 2 atom stereocenters. The van der Waals surface area contributed by atoms with E-state index < -0.39 is 12.1 Å². The van der Waals surface area contributed by atoms with Crippen molar-refractivity contribution in [2.24, 2.45) is 18.7 Å². The van der Waals surface area contributed by atoms with Crippen LogP contribution in [0.15, 0.2) is 42.7 Å². The van der Waals surface area contributed by atoms with E-state index in [2.05, 4.69) is 4.98 Å². The van der Waals surface area contributed by atoms with E-state index in [-0.39, 0.29) is 11.8 Å². The van der Waals surface area contributed by atoms with E-state index in [9.17, 15) is 9.90 Å². The fourth-order valence-corrected chi connectivity index (χ4v) is 3.31. The second-order valence-electron chi connectivity index (χ2n) is 6.39. The first-order valence-corrected chi connectivity index (χ1v) is 8.32. The van der Waals surface area contributed by atoms with Crippen LogP contribution in [0.25, 0.3) is 0 Å². The second-order valence-corrected chi connectivity index (χ2v) is 6.39. The van der Waals surface area contributed by atoms with Crippen LogP contribution in [0.4, 0.5) is 0 Å². The molecule has 0 saturated carbocycles. The minimum Gasteiger partial charge on any atom is -0.385 e. The molecule has 0 radical (unpaired) electrons. The number of amides is 1. The molecule has 3 rings (SSSR count). The summed E-state index contributed by atoms with van der Waals surface area (Å²) in [5.41, 5.74) is 6.94. The van der Waals surface area contributed by atoms with Crippen LogP contribution in [-0.2, 0) is 11.8 Å². The van der Waals surface area contributed by atoms with Crippen LogP contribution >= 0.6 is 0 Å². The zero-order valence-electron chi connectivity index (χ0n) is 13.9. The van der Waals surface area contributed by atoms with Crippen LogP contribution in [0.5, 0.6) is 0 Å². The van der Waals surface area contributed by atoms with Gasteiger partial charge in [-0.15, -0.1) is 0 Å². The molecular weight excluding hydrogens is 304 g/mol. The lowest BCUT2D eigenvalue weighted by molar-refractivity contribution is -0.134. The van der Waals surface area contributed by atoms with Crippen molar-refractivity contribution >= 4 is 5.91 Å². The van der Waals surface area contributed by atoms with E-state index in [1.54, 1.807) is 11.1 Å². The van der Waals surface area contributed by atoms with Crippen molar-refractivity contribution < 1.29 is 9.90 Å². The highest BCUT2D eigenvalue weighted by Gasteiger charge is 2.31. The Morgan fingerprint density at radius 3 is 2.54 bits per heavy atom. The minimum absolute atomic E-state index is 0.0499. The van der Waals surface area contributed by atoms with Gasteiger partial charge in [0, 0.05) is 32.5 Å². The summed E-state index contributed by atoms with van der Waals surface area (Å²) in [4.78, 5) is 18.6. The number of hydrogen-bond donors (Lipinski definition) is 2. The Hall–Kier alpha value is -2.18. The number of aliphatic hydroxyl groups excluding tert-OH is 1. The molecule has 24 heavy (non-hydrogen) atoms. The number of aromatic nitrogens is 2. The molecule has 2 heterocycles. The Kier molecular flexibility index (Phi) is 4.97. The summed E-state index contributed by atoms with van der Waals surface area (Å²) < 4.78 is 1.84. The Morgan fingerprint density at radius 2 is 1.96 bits per heavy atom. The quantitative estimate of drug-likeness (QED) is 0.888. The Morgan fingerprint density at radius 1 is 1.29 bits per heavy atom. The van der Waals surface area contributed by atoms with E-state index in [4.69, 9.17) is 5.73 Å². The van der Waals surface area contributed by atoms with Crippen molar-refractivity contribution in [1.29, 1.82) is 0 Å². The van der Waals surface area contributed by atoms with Gasteiger partial charge < -0.3 is 20.3 Å². The lowest BCUT2D eigenvalue weighted by atomic mass is 9.90. The van der Waals surface area contributed by atoms with Gasteiger partial charge >= 0.3 is 0 Å². The molecule has 0 aliphatic carbocycles. The second kappa shape index (κ2) is 7.15. The number of imidazole rings is 1. The van der Waals surface area contributed by atoms with Crippen molar-refractivity contribution in [3.8, 4) is 0 Å². The number of likely N-dealkylation sites (tertiary alicyclic amines) is 1. The highest BCUT2D eigenvalue weighted by molar-refractivity contribution is 5.83. The predicted octanol–water partition coefficient (Wildman–Crippen LogP) is 1.39. The molecule has 6 heteroatoms. The lowest BCUT2D eigenvalue weighted by Crippen LogP contribution is -2.44. The zero-order chi connectivity index (χ0) is 17.1. The van der Waals surface area contributed by atoms with E-state index in [1.165, 1.54) is 0 Å². The summed E-state index contributed by atoms with van der Waals surface area (Å²) in [7, 11) is 1.88. The van der Waals surface area contributed by atoms with Gasteiger partial charge in [-0.1, -0.05) is 30.3 Å². The standard InChI is InChI=1S/C18H24N4O2/c1-21-12-9-20-17(21)16(23)14-7-10-22(11-8-14)18(24)15(19)13-5-3-2-4-6-13/h2-6,9,12,14-16,23H,7-8,10-11,19H2,1H3. The van der Waals surface area contributed by atoms with Crippen molar-refractivity contribution in [2.45, 2.75) is 25.0 Å². The van der Waals surface area contributed by atoms with Gasteiger partial charge in [0.25, 0.3) is 0 Å². The van der Waals surface area contributed by atoms with Crippen molar-refractivity contribution in [3.63, 3.8) is 0 Å². The summed E-state index contributed by atoms with van der Waals surface area (Å²) in [6.07, 6.45) is 4.43. The summed E-state index contributed by atoms with van der Waals surface area (Å²) in [6.45, 7) is 1.23. The third-order valence-electron chi connectivity index (χ3n) is 4.85. The first-order chi connectivity index (χ1) is 11.6. The fraction of sp³-hybridized carbons (Fsp3) is 0.444. The minimum atomic E-state index is -0.623. The van der Waals surface area contributed by atoms with Crippen LogP contribution in [-0.4, -0.2) is 38.6 Å². The van der Waals surface area contributed by atoms with Crippen LogP contribution in [0.3, 0.4) is 0 Å². The maximum atomic E-state index is 12.6. The zero-order valence-corrected chi connectivity index (χ0v) is 13.9. The van der Waals surface area contributed by atoms with Crippen LogP contribution in [0.1, 0.15) is 36.4 Å². The van der Waals surface area contributed by atoms with Crippen molar-refractivity contribution in [2.75, 3.05) is 13.1 Å². The maximum absolute atomic E-state index is 12.6. The number of rotatable bonds is 4. The average molecular weight is 328 g/mol. The van der Waals surface area contributed by atoms with Gasteiger partial charge in [-0.25, -0.2) is 4.98 Å². The largest absolute Gasteiger partial charge is 0.385 e. The van der Waals surface area contributed by atoms with Gasteiger partial charge in [-0.3, -0.25) is 4.79 Å². The Balaban J connectivity index is 1.59. The molecule has 2 unspecified atom stereocenters. The summed E-state index contributed by atoms with van der Waals surface area (Å²) in [5, 5.41) is 10.5. The van der Waals surface area contributed by atoms with Gasteiger partial charge in [-0.2, -0.15) is 0 Å². The number of carbonyl (C=O) groups excluding carboxylic acids is 1. The molecule has 1 aliphatic rings. The number of aliphatic hydroxyl groups is 1. The third kappa shape index (κ3) is 3.34. The van der Waals surface area contributed by atoms with Gasteiger partial charge in [0.1, 0.15) is 18.0 Å². The number of nitrogens with zero attached hydrogens (tertiary/aromatic N) is 3. The number of aryl methyl sites for hydroxylation is 1. The molecular formula is C18H24N4O2. The highest BCUT2D eigenvalue weighted by Crippen LogP contribution is 2.30. The number of carbonyl (C=O) groups is 1. The number of hydrogen-bond acceptors (Lipinski definition) is 4. The van der Waals surface area contributed by atoms with Crippen LogP contribution < -0.4 is 5.73 Å². The third-order valence-corrected chi connectivity index (χ3v) is 4.85. The van der Waals surface area contributed by atoms with E-state index in [0.717, 1.165) is 18.4 Å². The van der Waals surface area contributed by atoms with Gasteiger partial charge in [0.2, 0.25) is 5.91 Å². The monoisotopic (exact) mass is 328 g/mol. The predicted molar refractivity (Wildman–Crippen MR) is 90.8 cm³/mol. The van der Waals surface area contributed by atoms with Crippen LogP contribution in [0, 0.1) is 5.92 Å². The topological polar surface area (TPSA) is 84.4 Å².